The number of esters is 1. The Labute approximate surface area is 76.3 Å². The van der Waals surface area contributed by atoms with E-state index in [1.807, 2.05) is 0 Å². The standard InChI is InChI=1S/C8H14O5/c1-5(9)12-4-7-2-6(10)3-8(11)13-7/h6-8,10-11H,2-4H2,1H3/t6-,7+,8?/m0/s1. The second kappa shape index (κ2) is 4.55. The van der Waals surface area contributed by atoms with Gasteiger partial charge in [0.25, 0.3) is 0 Å². The number of aliphatic hydroxyl groups excluding tert-OH is 2. The quantitative estimate of drug-likeness (QED) is 0.569. The van der Waals surface area contributed by atoms with Gasteiger partial charge in [-0.15, -0.1) is 0 Å². The molecule has 0 amide bonds. The average Bonchev–Trinajstić information content (AvgIpc) is 1.99. The highest BCUT2D eigenvalue weighted by Gasteiger charge is 2.27. The second-order valence-electron chi connectivity index (χ2n) is 3.14. The summed E-state index contributed by atoms with van der Waals surface area (Å²) in [5, 5.41) is 18.3. The lowest BCUT2D eigenvalue weighted by Crippen LogP contribution is -2.38. The van der Waals surface area contributed by atoms with E-state index in [-0.39, 0.29) is 13.0 Å². The molecule has 0 bridgehead atoms. The molecule has 76 valence electrons. The van der Waals surface area contributed by atoms with Crippen molar-refractivity contribution in [2.24, 2.45) is 0 Å². The van der Waals surface area contributed by atoms with E-state index < -0.39 is 24.5 Å². The molecule has 1 fully saturated rings. The SMILES string of the molecule is CC(=O)OC[C@H]1C[C@H](O)CC(O)O1. The van der Waals surface area contributed by atoms with Gasteiger partial charge in [-0.2, -0.15) is 0 Å². The van der Waals surface area contributed by atoms with Crippen LogP contribution in [-0.4, -0.2) is 41.3 Å². The van der Waals surface area contributed by atoms with Crippen LogP contribution in [0.1, 0.15) is 19.8 Å². The van der Waals surface area contributed by atoms with E-state index in [0.29, 0.717) is 6.42 Å². The van der Waals surface area contributed by atoms with Crippen molar-refractivity contribution in [1.82, 2.24) is 0 Å². The van der Waals surface area contributed by atoms with Gasteiger partial charge in [0.2, 0.25) is 0 Å². The molecule has 1 saturated heterocycles. The summed E-state index contributed by atoms with van der Waals surface area (Å²) >= 11 is 0. The minimum Gasteiger partial charge on any atom is -0.463 e. The molecule has 0 aromatic carbocycles. The number of ether oxygens (including phenoxy) is 2. The third-order valence-electron chi connectivity index (χ3n) is 1.83. The van der Waals surface area contributed by atoms with Crippen LogP contribution in [0.2, 0.25) is 0 Å². The van der Waals surface area contributed by atoms with Gasteiger partial charge in [-0.25, -0.2) is 0 Å². The number of carbonyl (C=O) groups is 1. The van der Waals surface area contributed by atoms with Crippen LogP contribution in [0, 0.1) is 0 Å². The largest absolute Gasteiger partial charge is 0.463 e. The lowest BCUT2D eigenvalue weighted by Gasteiger charge is -2.29. The molecule has 0 aliphatic carbocycles. The molecule has 1 heterocycles. The number of hydrogen-bond donors (Lipinski definition) is 2. The maximum atomic E-state index is 10.4. The summed E-state index contributed by atoms with van der Waals surface area (Å²) < 4.78 is 9.72. The zero-order valence-corrected chi connectivity index (χ0v) is 7.47. The van der Waals surface area contributed by atoms with Gasteiger partial charge in [-0.1, -0.05) is 0 Å². The molecule has 13 heavy (non-hydrogen) atoms. The first-order chi connectivity index (χ1) is 6.08. The Morgan fingerprint density at radius 2 is 2.23 bits per heavy atom. The highest BCUT2D eigenvalue weighted by Crippen LogP contribution is 2.18. The monoisotopic (exact) mass is 190 g/mol. The molecular formula is C8H14O5. The Bertz CT molecular complexity index is 171. The molecule has 0 radical (unpaired) electrons. The van der Waals surface area contributed by atoms with Gasteiger partial charge >= 0.3 is 5.97 Å². The Kier molecular flexibility index (Phi) is 3.65. The molecule has 0 saturated carbocycles. The van der Waals surface area contributed by atoms with Gasteiger partial charge in [-0.3, -0.25) is 4.79 Å². The summed E-state index contributed by atoms with van der Waals surface area (Å²) in [6, 6.07) is 0. The van der Waals surface area contributed by atoms with Crippen LogP contribution in [0.5, 0.6) is 0 Å². The van der Waals surface area contributed by atoms with E-state index in [9.17, 15) is 9.90 Å². The van der Waals surface area contributed by atoms with Crippen molar-refractivity contribution in [3.8, 4) is 0 Å². The lowest BCUT2D eigenvalue weighted by atomic mass is 10.1. The zero-order valence-electron chi connectivity index (χ0n) is 7.47. The summed E-state index contributed by atoms with van der Waals surface area (Å²) in [7, 11) is 0. The van der Waals surface area contributed by atoms with E-state index in [1.165, 1.54) is 6.92 Å². The van der Waals surface area contributed by atoms with Crippen molar-refractivity contribution in [2.75, 3.05) is 6.61 Å². The molecule has 0 spiro atoms. The summed E-state index contributed by atoms with van der Waals surface area (Å²) in [5.41, 5.74) is 0. The molecule has 1 unspecified atom stereocenters. The second-order valence-corrected chi connectivity index (χ2v) is 3.14. The van der Waals surface area contributed by atoms with Gasteiger partial charge in [0, 0.05) is 19.8 Å². The van der Waals surface area contributed by atoms with E-state index >= 15 is 0 Å². The maximum Gasteiger partial charge on any atom is 0.302 e. The predicted molar refractivity (Wildman–Crippen MR) is 42.8 cm³/mol. The number of hydrogen-bond acceptors (Lipinski definition) is 5. The molecule has 0 aromatic rings. The summed E-state index contributed by atoms with van der Waals surface area (Å²) in [4.78, 5) is 10.4. The van der Waals surface area contributed by atoms with Crippen molar-refractivity contribution in [2.45, 2.75) is 38.3 Å². The maximum absolute atomic E-state index is 10.4. The smallest absolute Gasteiger partial charge is 0.302 e. The molecule has 1 rings (SSSR count). The molecule has 2 N–H and O–H groups in total. The van der Waals surface area contributed by atoms with Gasteiger partial charge < -0.3 is 19.7 Å². The van der Waals surface area contributed by atoms with E-state index in [2.05, 4.69) is 0 Å². The van der Waals surface area contributed by atoms with E-state index in [0.717, 1.165) is 0 Å². The van der Waals surface area contributed by atoms with Gasteiger partial charge in [0.05, 0.1) is 12.2 Å². The topological polar surface area (TPSA) is 76.0 Å². The van der Waals surface area contributed by atoms with Crippen molar-refractivity contribution in [1.29, 1.82) is 0 Å². The van der Waals surface area contributed by atoms with Crippen LogP contribution in [-0.2, 0) is 14.3 Å². The lowest BCUT2D eigenvalue weighted by molar-refractivity contribution is -0.202. The minimum absolute atomic E-state index is 0.0868. The fourth-order valence-corrected chi connectivity index (χ4v) is 1.28. The van der Waals surface area contributed by atoms with Crippen LogP contribution in [0.15, 0.2) is 0 Å². The van der Waals surface area contributed by atoms with Crippen LogP contribution in [0.4, 0.5) is 0 Å². The first kappa shape index (κ1) is 10.4. The minimum atomic E-state index is -0.954. The molecular weight excluding hydrogens is 176 g/mol. The highest BCUT2D eigenvalue weighted by atomic mass is 16.6. The van der Waals surface area contributed by atoms with Crippen LogP contribution >= 0.6 is 0 Å². The molecule has 1 aliphatic rings. The van der Waals surface area contributed by atoms with Crippen LogP contribution in [0.3, 0.4) is 0 Å². The van der Waals surface area contributed by atoms with Crippen molar-refractivity contribution in [3.05, 3.63) is 0 Å². The zero-order chi connectivity index (χ0) is 9.84. The Morgan fingerprint density at radius 3 is 2.77 bits per heavy atom. The summed E-state index contributed by atoms with van der Waals surface area (Å²) in [5.74, 6) is -0.391. The summed E-state index contributed by atoms with van der Waals surface area (Å²) in [6.45, 7) is 1.39. The van der Waals surface area contributed by atoms with Crippen molar-refractivity contribution in [3.63, 3.8) is 0 Å². The molecule has 1 aliphatic heterocycles. The molecule has 0 aromatic heterocycles. The van der Waals surface area contributed by atoms with Crippen LogP contribution < -0.4 is 0 Å². The van der Waals surface area contributed by atoms with Gasteiger partial charge in [0.15, 0.2) is 6.29 Å². The predicted octanol–water partition coefficient (Wildman–Crippen LogP) is -0.592. The van der Waals surface area contributed by atoms with Gasteiger partial charge in [0.1, 0.15) is 6.61 Å². The fourth-order valence-electron chi connectivity index (χ4n) is 1.28. The molecule has 3 atom stereocenters. The van der Waals surface area contributed by atoms with E-state index in [4.69, 9.17) is 14.6 Å². The molecule has 5 heteroatoms. The molecule has 5 nitrogen and oxygen atoms in total. The van der Waals surface area contributed by atoms with Crippen LogP contribution in [0.25, 0.3) is 0 Å². The number of aliphatic hydroxyl groups is 2. The van der Waals surface area contributed by atoms with Gasteiger partial charge in [-0.05, 0) is 0 Å². The van der Waals surface area contributed by atoms with E-state index in [1.54, 1.807) is 0 Å². The Morgan fingerprint density at radius 1 is 1.54 bits per heavy atom. The fraction of sp³-hybridized carbons (Fsp3) is 0.875. The summed E-state index contributed by atoms with van der Waals surface area (Å²) in [6.07, 6.45) is -1.32. The third kappa shape index (κ3) is 3.71. The Balaban J connectivity index is 2.28. The first-order valence-electron chi connectivity index (χ1n) is 4.23. The number of rotatable bonds is 2. The first-order valence-corrected chi connectivity index (χ1v) is 4.23. The Hall–Kier alpha value is -0.650. The third-order valence-corrected chi connectivity index (χ3v) is 1.83. The highest BCUT2D eigenvalue weighted by molar-refractivity contribution is 5.65. The average molecular weight is 190 g/mol. The normalized spacial score (nSPS) is 34.2. The van der Waals surface area contributed by atoms with Crippen molar-refractivity contribution >= 4 is 5.97 Å². The number of carbonyl (C=O) groups excluding carboxylic acids is 1. The van der Waals surface area contributed by atoms with Crippen molar-refractivity contribution < 1.29 is 24.5 Å².